The second-order valence-corrected chi connectivity index (χ2v) is 4.65. The maximum Gasteiger partial charge on any atom is 0.251 e. The van der Waals surface area contributed by atoms with E-state index in [4.69, 9.17) is 4.74 Å². The van der Waals surface area contributed by atoms with Gasteiger partial charge in [0.25, 0.3) is 5.91 Å². The van der Waals surface area contributed by atoms with Gasteiger partial charge in [0.2, 0.25) is 5.91 Å². The number of amides is 2. The molecule has 0 aromatic heterocycles. The Morgan fingerprint density at radius 1 is 1.26 bits per heavy atom. The Morgan fingerprint density at radius 3 is 2.53 bits per heavy atom. The Kier molecular flexibility index (Phi) is 4.52. The van der Waals surface area contributed by atoms with Crippen molar-refractivity contribution in [3.05, 3.63) is 35.4 Å². The Balaban J connectivity index is 1.79. The molecule has 1 aromatic carbocycles. The van der Waals surface area contributed by atoms with Gasteiger partial charge in [-0.15, -0.1) is 0 Å². The zero-order valence-electron chi connectivity index (χ0n) is 10.9. The van der Waals surface area contributed by atoms with Crippen molar-refractivity contribution in [1.82, 2.24) is 10.6 Å². The topological polar surface area (TPSA) is 67.4 Å². The summed E-state index contributed by atoms with van der Waals surface area (Å²) in [7, 11) is 1.62. The van der Waals surface area contributed by atoms with E-state index in [0.717, 1.165) is 18.4 Å². The molecule has 1 fully saturated rings. The molecule has 1 aliphatic carbocycles. The van der Waals surface area contributed by atoms with Gasteiger partial charge < -0.3 is 15.4 Å². The largest absolute Gasteiger partial charge is 0.380 e. The van der Waals surface area contributed by atoms with E-state index >= 15 is 0 Å². The number of ether oxygens (including phenoxy) is 1. The molecule has 0 heterocycles. The number of carbonyl (C=O) groups is 2. The normalized spacial score (nSPS) is 13.9. The van der Waals surface area contributed by atoms with E-state index in [9.17, 15) is 9.59 Å². The van der Waals surface area contributed by atoms with Crippen molar-refractivity contribution in [3.8, 4) is 0 Å². The quantitative estimate of drug-likeness (QED) is 0.798. The van der Waals surface area contributed by atoms with Crippen molar-refractivity contribution < 1.29 is 14.3 Å². The maximum absolute atomic E-state index is 11.8. The second-order valence-electron chi connectivity index (χ2n) is 4.65. The predicted octanol–water partition coefficient (Wildman–Crippen LogP) is 0.841. The molecule has 102 valence electrons. The first-order valence-electron chi connectivity index (χ1n) is 6.34. The molecule has 1 aliphatic rings. The van der Waals surface area contributed by atoms with E-state index in [0.29, 0.717) is 18.2 Å². The smallest absolute Gasteiger partial charge is 0.251 e. The minimum absolute atomic E-state index is 0.0230. The standard InChI is InChI=1S/C14H18N2O3/c1-19-9-10-2-4-11(5-3-10)14(18)15-8-13(17)16-12-6-7-12/h2-5,12H,6-9H2,1H3,(H,15,18)(H,16,17). The Bertz CT molecular complexity index is 452. The molecule has 1 saturated carbocycles. The highest BCUT2D eigenvalue weighted by atomic mass is 16.5. The molecule has 0 unspecified atom stereocenters. The Morgan fingerprint density at radius 2 is 1.95 bits per heavy atom. The third kappa shape index (κ3) is 4.37. The summed E-state index contributed by atoms with van der Waals surface area (Å²) in [5, 5.41) is 5.42. The summed E-state index contributed by atoms with van der Waals surface area (Å²) in [4.78, 5) is 23.2. The lowest BCUT2D eigenvalue weighted by molar-refractivity contribution is -0.120. The summed E-state index contributed by atoms with van der Waals surface area (Å²) in [6, 6.07) is 7.44. The lowest BCUT2D eigenvalue weighted by Crippen LogP contribution is -2.37. The molecule has 0 aliphatic heterocycles. The van der Waals surface area contributed by atoms with Gasteiger partial charge in [0, 0.05) is 18.7 Å². The molecule has 0 atom stereocenters. The lowest BCUT2D eigenvalue weighted by Gasteiger charge is -2.06. The van der Waals surface area contributed by atoms with E-state index in [-0.39, 0.29) is 18.4 Å². The molecule has 2 rings (SSSR count). The molecule has 0 saturated heterocycles. The van der Waals surface area contributed by atoms with Gasteiger partial charge in [0.05, 0.1) is 13.2 Å². The SMILES string of the molecule is COCc1ccc(C(=O)NCC(=O)NC2CC2)cc1. The Hall–Kier alpha value is -1.88. The fourth-order valence-corrected chi connectivity index (χ4v) is 1.69. The fraction of sp³-hybridized carbons (Fsp3) is 0.429. The van der Waals surface area contributed by atoms with Gasteiger partial charge in [-0.3, -0.25) is 9.59 Å². The van der Waals surface area contributed by atoms with Gasteiger partial charge in [-0.05, 0) is 30.5 Å². The minimum Gasteiger partial charge on any atom is -0.380 e. The first-order valence-corrected chi connectivity index (χ1v) is 6.34. The van der Waals surface area contributed by atoms with Crippen LogP contribution in [0.1, 0.15) is 28.8 Å². The van der Waals surface area contributed by atoms with Crippen molar-refractivity contribution in [1.29, 1.82) is 0 Å². The number of hydrogen-bond donors (Lipinski definition) is 2. The van der Waals surface area contributed by atoms with Crippen LogP contribution in [-0.2, 0) is 16.1 Å². The number of methoxy groups -OCH3 is 1. The van der Waals surface area contributed by atoms with Crippen LogP contribution in [-0.4, -0.2) is 31.5 Å². The van der Waals surface area contributed by atoms with E-state index in [1.807, 2.05) is 12.1 Å². The summed E-state index contributed by atoms with van der Waals surface area (Å²) in [6.45, 7) is 0.543. The van der Waals surface area contributed by atoms with E-state index in [1.54, 1.807) is 19.2 Å². The average Bonchev–Trinajstić information content (AvgIpc) is 3.21. The number of rotatable bonds is 6. The van der Waals surface area contributed by atoms with E-state index < -0.39 is 0 Å². The van der Waals surface area contributed by atoms with Gasteiger partial charge in [-0.1, -0.05) is 12.1 Å². The fourth-order valence-electron chi connectivity index (χ4n) is 1.69. The van der Waals surface area contributed by atoms with Crippen LogP contribution in [0.15, 0.2) is 24.3 Å². The number of benzene rings is 1. The summed E-state index contributed by atoms with van der Waals surface area (Å²) in [6.07, 6.45) is 2.08. The van der Waals surface area contributed by atoms with Gasteiger partial charge in [-0.25, -0.2) is 0 Å². The molecule has 0 spiro atoms. The summed E-state index contributed by atoms with van der Waals surface area (Å²) in [5.41, 5.74) is 1.55. The van der Waals surface area contributed by atoms with E-state index in [2.05, 4.69) is 10.6 Å². The molecule has 2 amide bonds. The highest BCUT2D eigenvalue weighted by Gasteiger charge is 2.23. The molecular formula is C14H18N2O3. The van der Waals surface area contributed by atoms with E-state index in [1.165, 1.54) is 0 Å². The van der Waals surface area contributed by atoms with Gasteiger partial charge >= 0.3 is 0 Å². The lowest BCUT2D eigenvalue weighted by atomic mass is 10.1. The third-order valence-electron chi connectivity index (χ3n) is 2.88. The van der Waals surface area contributed by atoms with Crippen LogP contribution < -0.4 is 10.6 Å². The zero-order valence-corrected chi connectivity index (χ0v) is 10.9. The maximum atomic E-state index is 11.8. The van der Waals surface area contributed by atoms with Crippen LogP contribution in [0.4, 0.5) is 0 Å². The second kappa shape index (κ2) is 6.33. The average molecular weight is 262 g/mol. The molecule has 19 heavy (non-hydrogen) atoms. The van der Waals surface area contributed by atoms with Gasteiger partial charge in [-0.2, -0.15) is 0 Å². The molecule has 5 nitrogen and oxygen atoms in total. The minimum atomic E-state index is -0.241. The highest BCUT2D eigenvalue weighted by Crippen LogP contribution is 2.18. The summed E-state index contributed by atoms with van der Waals surface area (Å²) >= 11 is 0. The predicted molar refractivity (Wildman–Crippen MR) is 70.7 cm³/mol. The first-order chi connectivity index (χ1) is 9.19. The van der Waals surface area contributed by atoms with Crippen LogP contribution in [0.3, 0.4) is 0 Å². The van der Waals surface area contributed by atoms with Crippen molar-refractivity contribution in [2.24, 2.45) is 0 Å². The highest BCUT2D eigenvalue weighted by molar-refractivity contribution is 5.96. The number of hydrogen-bond acceptors (Lipinski definition) is 3. The third-order valence-corrected chi connectivity index (χ3v) is 2.88. The number of carbonyl (C=O) groups excluding carboxylic acids is 2. The van der Waals surface area contributed by atoms with Crippen molar-refractivity contribution in [3.63, 3.8) is 0 Å². The van der Waals surface area contributed by atoms with Crippen LogP contribution >= 0.6 is 0 Å². The first kappa shape index (κ1) is 13.5. The summed E-state index contributed by atoms with van der Waals surface area (Å²) in [5.74, 6) is -0.373. The number of nitrogens with one attached hydrogen (secondary N) is 2. The van der Waals surface area contributed by atoms with Crippen LogP contribution in [0, 0.1) is 0 Å². The van der Waals surface area contributed by atoms with Crippen molar-refractivity contribution >= 4 is 11.8 Å². The molecular weight excluding hydrogens is 244 g/mol. The van der Waals surface area contributed by atoms with Crippen LogP contribution in [0.25, 0.3) is 0 Å². The van der Waals surface area contributed by atoms with Crippen LogP contribution in [0.2, 0.25) is 0 Å². The molecule has 1 aromatic rings. The molecule has 5 heteroatoms. The molecule has 0 radical (unpaired) electrons. The molecule has 2 N–H and O–H groups in total. The van der Waals surface area contributed by atoms with Crippen molar-refractivity contribution in [2.75, 3.05) is 13.7 Å². The van der Waals surface area contributed by atoms with Gasteiger partial charge in [0.1, 0.15) is 0 Å². The monoisotopic (exact) mass is 262 g/mol. The summed E-state index contributed by atoms with van der Waals surface area (Å²) < 4.78 is 5.00. The zero-order chi connectivity index (χ0) is 13.7. The van der Waals surface area contributed by atoms with Gasteiger partial charge in [0.15, 0.2) is 0 Å². The van der Waals surface area contributed by atoms with Crippen LogP contribution in [0.5, 0.6) is 0 Å². The Labute approximate surface area is 112 Å². The van der Waals surface area contributed by atoms with Crippen molar-refractivity contribution in [2.45, 2.75) is 25.5 Å². The molecule has 0 bridgehead atoms.